The van der Waals surface area contributed by atoms with Crippen molar-refractivity contribution >= 4 is 11.3 Å². The Bertz CT molecular complexity index is 728. The molecule has 0 aliphatic carbocycles. The first-order chi connectivity index (χ1) is 9.88. The van der Waals surface area contributed by atoms with Crippen LogP contribution in [-0.2, 0) is 17.8 Å². The molecule has 0 fully saturated rings. The van der Waals surface area contributed by atoms with Crippen LogP contribution in [0.5, 0.6) is 0 Å². The van der Waals surface area contributed by atoms with Crippen LogP contribution in [0.4, 0.5) is 8.78 Å². The molecule has 1 aromatic heterocycles. The highest BCUT2D eigenvalue weighted by Crippen LogP contribution is 2.27. The molecule has 114 valence electrons. The van der Waals surface area contributed by atoms with Gasteiger partial charge in [-0.15, -0.1) is 0 Å². The molecule has 0 amide bonds. The average molecular weight is 317 g/mol. The van der Waals surface area contributed by atoms with Gasteiger partial charge in [-0.3, -0.25) is 9.00 Å². The summed E-state index contributed by atoms with van der Waals surface area (Å²) in [7, 11) is 0. The topological polar surface area (TPSA) is 98.2 Å². The van der Waals surface area contributed by atoms with Crippen molar-refractivity contribution in [1.82, 2.24) is 9.88 Å². The fourth-order valence-electron chi connectivity index (χ4n) is 1.87. The van der Waals surface area contributed by atoms with Crippen LogP contribution in [-0.4, -0.2) is 13.9 Å². The molecule has 9 heteroatoms. The monoisotopic (exact) mass is 317 g/mol. The Balaban J connectivity index is 2.31. The number of halogens is 2. The first-order valence-corrected chi connectivity index (χ1v) is 6.95. The van der Waals surface area contributed by atoms with Crippen LogP contribution in [0.1, 0.15) is 29.7 Å². The Labute approximate surface area is 120 Å². The van der Waals surface area contributed by atoms with Crippen molar-refractivity contribution in [3.8, 4) is 0 Å². The van der Waals surface area contributed by atoms with E-state index in [1.165, 1.54) is 0 Å². The number of benzene rings is 1. The quantitative estimate of drug-likeness (QED) is 0.812. The number of nitrogens with one attached hydrogen (secondary N) is 2. The molecule has 0 saturated carbocycles. The largest absolute Gasteiger partial charge is 0.760 e. The second kappa shape index (κ2) is 6.29. The molecule has 2 aromatic rings. The second-order valence-corrected chi connectivity index (χ2v) is 5.12. The summed E-state index contributed by atoms with van der Waals surface area (Å²) < 4.78 is 55.4. The molecular weight excluding hydrogens is 306 g/mol. The fraction of sp³-hybridized carbons (Fsp3) is 0.250. The average Bonchev–Trinajstić information content (AvgIpc) is 2.85. The highest BCUT2D eigenvalue weighted by Gasteiger charge is 2.19. The van der Waals surface area contributed by atoms with Gasteiger partial charge in [-0.25, -0.2) is 13.5 Å². The number of hydrogen-bond acceptors (Lipinski definition) is 4. The molecule has 0 radical (unpaired) electrons. The van der Waals surface area contributed by atoms with Crippen LogP contribution in [0.25, 0.3) is 0 Å². The third-order valence-electron chi connectivity index (χ3n) is 2.98. The number of H-pyrrole nitrogens is 1. The summed E-state index contributed by atoms with van der Waals surface area (Å²) in [5, 5.41) is 2.07. The predicted molar refractivity (Wildman–Crippen MR) is 69.0 cm³/mol. The lowest BCUT2D eigenvalue weighted by atomic mass is 9.96. The van der Waals surface area contributed by atoms with Crippen LogP contribution in [0, 0.1) is 11.6 Å². The van der Waals surface area contributed by atoms with E-state index in [2.05, 4.69) is 5.16 Å². The van der Waals surface area contributed by atoms with E-state index >= 15 is 0 Å². The molecule has 1 heterocycles. The van der Waals surface area contributed by atoms with Crippen molar-refractivity contribution in [2.24, 2.45) is 0 Å². The third kappa shape index (κ3) is 3.63. The van der Waals surface area contributed by atoms with Crippen molar-refractivity contribution in [3.63, 3.8) is 0 Å². The van der Waals surface area contributed by atoms with E-state index < -0.39 is 34.4 Å². The number of aromatic amines is 1. The SMILES string of the molecule is CC(c1cc(=O)[nH]o1)c1cc(F)c(CNS(=O)[O-])cc1F. The molecule has 0 aliphatic heterocycles. The van der Waals surface area contributed by atoms with Gasteiger partial charge in [0.15, 0.2) is 0 Å². The zero-order chi connectivity index (χ0) is 15.6. The third-order valence-corrected chi connectivity index (χ3v) is 3.36. The van der Waals surface area contributed by atoms with Gasteiger partial charge in [-0.1, -0.05) is 6.92 Å². The van der Waals surface area contributed by atoms with Crippen molar-refractivity contribution < 1.29 is 22.1 Å². The Morgan fingerprint density at radius 2 is 2.10 bits per heavy atom. The minimum Gasteiger partial charge on any atom is -0.760 e. The van der Waals surface area contributed by atoms with Gasteiger partial charge in [0.25, 0.3) is 5.56 Å². The first kappa shape index (κ1) is 15.5. The van der Waals surface area contributed by atoms with Crippen LogP contribution >= 0.6 is 0 Å². The zero-order valence-corrected chi connectivity index (χ0v) is 11.6. The molecule has 1 aromatic carbocycles. The molecule has 6 nitrogen and oxygen atoms in total. The van der Waals surface area contributed by atoms with Gasteiger partial charge in [0.05, 0.1) is 0 Å². The van der Waals surface area contributed by atoms with Crippen LogP contribution in [0.3, 0.4) is 0 Å². The smallest absolute Gasteiger partial charge is 0.280 e. The summed E-state index contributed by atoms with van der Waals surface area (Å²) in [6.07, 6.45) is 0. The molecule has 2 rings (SSSR count). The molecule has 0 bridgehead atoms. The Hall–Kier alpha value is -1.84. The summed E-state index contributed by atoms with van der Waals surface area (Å²) in [6.45, 7) is 1.20. The molecule has 21 heavy (non-hydrogen) atoms. The predicted octanol–water partition coefficient (Wildman–Crippen LogP) is 1.28. The lowest BCUT2D eigenvalue weighted by Crippen LogP contribution is -2.17. The standard InChI is InChI=1S/C12H12F2N2O4S/c1-6(11-4-12(17)16-20-11)8-3-9(13)7(2-10(8)14)5-15-21(18)19/h2-4,6,15H,5H2,1H3,(H,16,17)(H,18,19)/p-1. The molecule has 2 atom stereocenters. The number of hydrogen-bond donors (Lipinski definition) is 2. The second-order valence-electron chi connectivity index (χ2n) is 4.36. The minimum atomic E-state index is -2.56. The van der Waals surface area contributed by atoms with Crippen molar-refractivity contribution in [2.75, 3.05) is 0 Å². The normalized spacial score (nSPS) is 14.1. The van der Waals surface area contributed by atoms with E-state index in [0.29, 0.717) is 0 Å². The van der Waals surface area contributed by atoms with Gasteiger partial charge >= 0.3 is 0 Å². The zero-order valence-electron chi connectivity index (χ0n) is 10.8. The van der Waals surface area contributed by atoms with Crippen molar-refractivity contribution in [2.45, 2.75) is 19.4 Å². The molecular formula is C12H11F2N2O4S-. The number of aromatic nitrogens is 1. The maximum Gasteiger partial charge on any atom is 0.280 e. The maximum atomic E-state index is 14.0. The highest BCUT2D eigenvalue weighted by atomic mass is 32.2. The molecule has 2 N–H and O–H groups in total. The van der Waals surface area contributed by atoms with Gasteiger partial charge in [0.2, 0.25) is 0 Å². The van der Waals surface area contributed by atoms with Gasteiger partial charge in [0, 0.05) is 40.9 Å². The minimum absolute atomic E-state index is 0.00208. The van der Waals surface area contributed by atoms with Gasteiger partial charge in [-0.2, -0.15) is 5.16 Å². The lowest BCUT2D eigenvalue weighted by molar-refractivity contribution is 0.369. The van der Waals surface area contributed by atoms with E-state index in [0.717, 1.165) is 18.2 Å². The Morgan fingerprint density at radius 3 is 2.67 bits per heavy atom. The summed E-state index contributed by atoms with van der Waals surface area (Å²) in [5.74, 6) is -1.98. The van der Waals surface area contributed by atoms with Crippen molar-refractivity contribution in [3.05, 3.63) is 57.1 Å². The summed E-state index contributed by atoms with van der Waals surface area (Å²) >= 11 is -2.56. The molecule has 0 aliphatic rings. The highest BCUT2D eigenvalue weighted by molar-refractivity contribution is 7.77. The van der Waals surface area contributed by atoms with E-state index in [1.807, 2.05) is 4.72 Å². The van der Waals surface area contributed by atoms with Crippen LogP contribution in [0.2, 0.25) is 0 Å². The molecule has 0 saturated heterocycles. The van der Waals surface area contributed by atoms with E-state index in [1.54, 1.807) is 6.92 Å². The summed E-state index contributed by atoms with van der Waals surface area (Å²) in [6, 6.07) is 3.02. The maximum absolute atomic E-state index is 14.0. The molecule has 0 spiro atoms. The van der Waals surface area contributed by atoms with Crippen molar-refractivity contribution in [1.29, 1.82) is 0 Å². The lowest BCUT2D eigenvalue weighted by Gasteiger charge is -2.13. The molecule has 2 unspecified atom stereocenters. The van der Waals surface area contributed by atoms with E-state index in [9.17, 15) is 22.3 Å². The van der Waals surface area contributed by atoms with Gasteiger partial charge in [0.1, 0.15) is 17.4 Å². The first-order valence-electron chi connectivity index (χ1n) is 5.87. The number of rotatable bonds is 5. The Kier molecular flexibility index (Phi) is 4.66. The Morgan fingerprint density at radius 1 is 1.38 bits per heavy atom. The van der Waals surface area contributed by atoms with E-state index in [4.69, 9.17) is 4.52 Å². The van der Waals surface area contributed by atoms with Gasteiger partial charge < -0.3 is 9.08 Å². The van der Waals surface area contributed by atoms with Crippen LogP contribution in [0.15, 0.2) is 27.5 Å². The fourth-order valence-corrected chi connectivity index (χ4v) is 2.14. The van der Waals surface area contributed by atoms with E-state index in [-0.39, 0.29) is 23.4 Å². The van der Waals surface area contributed by atoms with Gasteiger partial charge in [-0.05, 0) is 12.1 Å². The van der Waals surface area contributed by atoms with Crippen LogP contribution < -0.4 is 10.3 Å². The summed E-state index contributed by atoms with van der Waals surface area (Å²) in [5.41, 5.74) is -0.595. The summed E-state index contributed by atoms with van der Waals surface area (Å²) in [4.78, 5) is 11.0.